The van der Waals surface area contributed by atoms with Crippen molar-refractivity contribution in [3.05, 3.63) is 52.6 Å². The summed E-state index contributed by atoms with van der Waals surface area (Å²) in [6.07, 6.45) is 2.12. The van der Waals surface area contributed by atoms with Crippen molar-refractivity contribution in [2.75, 3.05) is 11.5 Å². The number of rotatable bonds is 4. The van der Waals surface area contributed by atoms with Gasteiger partial charge in [0.25, 0.3) is 5.91 Å². The number of nitrogens with one attached hydrogen (secondary N) is 1. The maximum Gasteiger partial charge on any atom is 0.254 e. The number of carbonyl (C=O) groups is 1. The summed E-state index contributed by atoms with van der Waals surface area (Å²) in [5.41, 5.74) is -0.362. The SMILES string of the molecule is N#CC1(NC(=O)c2ccc(Oc3ccc(Br)cc3)nc2)CCSC1. The Balaban J connectivity index is 1.66. The molecule has 1 fully saturated rings. The molecule has 7 heteroatoms. The first-order valence-electron chi connectivity index (χ1n) is 7.31. The van der Waals surface area contributed by atoms with Crippen LogP contribution < -0.4 is 10.1 Å². The van der Waals surface area contributed by atoms with Crippen LogP contribution in [-0.4, -0.2) is 27.9 Å². The molecule has 1 unspecified atom stereocenters. The fourth-order valence-corrected chi connectivity index (χ4v) is 3.80. The molecule has 1 aromatic heterocycles. The normalized spacial score (nSPS) is 19.5. The Morgan fingerprint density at radius 2 is 2.12 bits per heavy atom. The number of aromatic nitrogens is 1. The molecule has 1 N–H and O–H groups in total. The molecule has 0 saturated carbocycles. The number of thioether (sulfide) groups is 1. The largest absolute Gasteiger partial charge is 0.439 e. The second-order valence-electron chi connectivity index (χ2n) is 5.39. The minimum atomic E-state index is -0.769. The van der Waals surface area contributed by atoms with E-state index in [0.29, 0.717) is 29.4 Å². The van der Waals surface area contributed by atoms with Gasteiger partial charge in [0, 0.05) is 22.5 Å². The summed E-state index contributed by atoms with van der Waals surface area (Å²) in [4.78, 5) is 16.5. The van der Waals surface area contributed by atoms with Crippen molar-refractivity contribution in [3.8, 4) is 17.7 Å². The molecule has 0 radical (unpaired) electrons. The van der Waals surface area contributed by atoms with Crippen molar-refractivity contribution >= 4 is 33.6 Å². The van der Waals surface area contributed by atoms with Crippen molar-refractivity contribution in [1.29, 1.82) is 5.26 Å². The first kappa shape index (κ1) is 16.8. The number of halogens is 1. The lowest BCUT2D eigenvalue weighted by Gasteiger charge is -2.21. The van der Waals surface area contributed by atoms with Crippen molar-refractivity contribution in [2.45, 2.75) is 12.0 Å². The average molecular weight is 404 g/mol. The van der Waals surface area contributed by atoms with Crippen LogP contribution in [0.2, 0.25) is 0 Å². The van der Waals surface area contributed by atoms with Gasteiger partial charge in [-0.15, -0.1) is 0 Å². The molecule has 2 aromatic rings. The first-order chi connectivity index (χ1) is 11.6. The van der Waals surface area contributed by atoms with Gasteiger partial charge in [-0.1, -0.05) is 15.9 Å². The maximum absolute atomic E-state index is 12.3. The van der Waals surface area contributed by atoms with Gasteiger partial charge in [-0.3, -0.25) is 4.79 Å². The van der Waals surface area contributed by atoms with E-state index in [2.05, 4.69) is 32.3 Å². The molecule has 1 atom stereocenters. The predicted molar refractivity (Wildman–Crippen MR) is 96.2 cm³/mol. The first-order valence-corrected chi connectivity index (χ1v) is 9.26. The van der Waals surface area contributed by atoms with E-state index in [-0.39, 0.29) is 5.91 Å². The van der Waals surface area contributed by atoms with Gasteiger partial charge in [-0.2, -0.15) is 17.0 Å². The van der Waals surface area contributed by atoms with Crippen molar-refractivity contribution < 1.29 is 9.53 Å². The third-order valence-electron chi connectivity index (χ3n) is 3.62. The summed E-state index contributed by atoms with van der Waals surface area (Å²) in [6, 6.07) is 12.9. The number of pyridine rings is 1. The molecule has 122 valence electrons. The van der Waals surface area contributed by atoms with E-state index in [1.807, 2.05) is 24.3 Å². The standard InChI is InChI=1S/C17H14BrN3O2S/c18-13-2-4-14(5-3-13)23-15-6-1-12(9-20-15)16(22)21-17(10-19)7-8-24-11-17/h1-6,9H,7-8,11H2,(H,21,22). The highest BCUT2D eigenvalue weighted by Crippen LogP contribution is 2.28. The molecule has 0 aliphatic carbocycles. The number of nitriles is 1. The lowest BCUT2D eigenvalue weighted by molar-refractivity contribution is 0.0925. The maximum atomic E-state index is 12.3. The highest BCUT2D eigenvalue weighted by Gasteiger charge is 2.36. The Kier molecular flexibility index (Phi) is 5.07. The number of hydrogen-bond donors (Lipinski definition) is 1. The molecule has 2 heterocycles. The van der Waals surface area contributed by atoms with E-state index in [1.54, 1.807) is 23.9 Å². The lowest BCUT2D eigenvalue weighted by Crippen LogP contribution is -2.47. The van der Waals surface area contributed by atoms with Gasteiger partial charge in [0.1, 0.15) is 11.3 Å². The van der Waals surface area contributed by atoms with Crippen molar-refractivity contribution in [1.82, 2.24) is 10.3 Å². The van der Waals surface area contributed by atoms with E-state index in [0.717, 1.165) is 10.2 Å². The zero-order valence-electron chi connectivity index (χ0n) is 12.7. The predicted octanol–water partition coefficient (Wildman–Crippen LogP) is 3.77. The minimum absolute atomic E-state index is 0.290. The monoisotopic (exact) mass is 403 g/mol. The Morgan fingerprint density at radius 3 is 2.71 bits per heavy atom. The second kappa shape index (κ2) is 7.24. The number of hydrogen-bond acceptors (Lipinski definition) is 5. The van der Waals surface area contributed by atoms with E-state index in [1.165, 1.54) is 6.20 Å². The quantitative estimate of drug-likeness (QED) is 0.840. The third-order valence-corrected chi connectivity index (χ3v) is 5.34. The molecule has 0 bridgehead atoms. The Morgan fingerprint density at radius 1 is 1.33 bits per heavy atom. The summed E-state index contributed by atoms with van der Waals surface area (Å²) >= 11 is 5.03. The number of ether oxygens (including phenoxy) is 1. The lowest BCUT2D eigenvalue weighted by atomic mass is 10.0. The van der Waals surface area contributed by atoms with Gasteiger partial charge in [0.15, 0.2) is 0 Å². The van der Waals surface area contributed by atoms with Crippen LogP contribution in [0.25, 0.3) is 0 Å². The van der Waals surface area contributed by atoms with Crippen LogP contribution >= 0.6 is 27.7 Å². The molecule has 1 aliphatic rings. The fraction of sp³-hybridized carbons (Fsp3) is 0.235. The van der Waals surface area contributed by atoms with Gasteiger partial charge < -0.3 is 10.1 Å². The molecule has 24 heavy (non-hydrogen) atoms. The number of carbonyl (C=O) groups excluding carboxylic acids is 1. The molecule has 1 saturated heterocycles. The minimum Gasteiger partial charge on any atom is -0.439 e. The van der Waals surface area contributed by atoms with Gasteiger partial charge in [0.2, 0.25) is 5.88 Å². The summed E-state index contributed by atoms with van der Waals surface area (Å²) in [5, 5.41) is 12.1. The summed E-state index contributed by atoms with van der Waals surface area (Å²) in [6.45, 7) is 0. The van der Waals surface area contributed by atoms with Crippen LogP contribution in [0.4, 0.5) is 0 Å². The molecule has 0 spiro atoms. The van der Waals surface area contributed by atoms with Crippen LogP contribution in [0.5, 0.6) is 11.6 Å². The Hall–Kier alpha value is -2.04. The van der Waals surface area contributed by atoms with Crippen molar-refractivity contribution in [3.63, 3.8) is 0 Å². The van der Waals surface area contributed by atoms with Crippen LogP contribution in [0.3, 0.4) is 0 Å². The summed E-state index contributed by atoms with van der Waals surface area (Å²) in [7, 11) is 0. The Labute approximate surface area is 152 Å². The van der Waals surface area contributed by atoms with Crippen LogP contribution in [0.15, 0.2) is 47.1 Å². The topological polar surface area (TPSA) is 75.0 Å². The highest BCUT2D eigenvalue weighted by atomic mass is 79.9. The number of amides is 1. The van der Waals surface area contributed by atoms with Crippen LogP contribution in [0, 0.1) is 11.3 Å². The summed E-state index contributed by atoms with van der Waals surface area (Å²) in [5.74, 6) is 2.27. The van der Waals surface area contributed by atoms with E-state index in [4.69, 9.17) is 4.74 Å². The second-order valence-corrected chi connectivity index (χ2v) is 7.41. The molecular weight excluding hydrogens is 390 g/mol. The van der Waals surface area contributed by atoms with Crippen LogP contribution in [0.1, 0.15) is 16.8 Å². The smallest absolute Gasteiger partial charge is 0.254 e. The van der Waals surface area contributed by atoms with Crippen LogP contribution in [-0.2, 0) is 0 Å². The van der Waals surface area contributed by atoms with E-state index in [9.17, 15) is 10.1 Å². The number of nitrogens with zero attached hydrogens (tertiary/aromatic N) is 2. The number of benzene rings is 1. The molecule has 1 aromatic carbocycles. The van der Waals surface area contributed by atoms with Gasteiger partial charge >= 0.3 is 0 Å². The van der Waals surface area contributed by atoms with Gasteiger partial charge in [0.05, 0.1) is 11.6 Å². The zero-order valence-corrected chi connectivity index (χ0v) is 15.1. The van der Waals surface area contributed by atoms with E-state index < -0.39 is 5.54 Å². The molecule has 3 rings (SSSR count). The molecule has 1 amide bonds. The van der Waals surface area contributed by atoms with Gasteiger partial charge in [-0.05, 0) is 42.5 Å². The molecule has 1 aliphatic heterocycles. The third kappa shape index (κ3) is 3.89. The Bertz CT molecular complexity index is 766. The zero-order chi connectivity index (χ0) is 17.0. The van der Waals surface area contributed by atoms with E-state index >= 15 is 0 Å². The van der Waals surface area contributed by atoms with Crippen molar-refractivity contribution in [2.24, 2.45) is 0 Å². The molecular formula is C17H14BrN3O2S. The van der Waals surface area contributed by atoms with Gasteiger partial charge in [-0.25, -0.2) is 4.98 Å². The highest BCUT2D eigenvalue weighted by molar-refractivity contribution is 9.10. The average Bonchev–Trinajstić information content (AvgIpc) is 3.06. The fourth-order valence-electron chi connectivity index (χ4n) is 2.27. The molecule has 5 nitrogen and oxygen atoms in total. The summed E-state index contributed by atoms with van der Waals surface area (Å²) < 4.78 is 6.59.